The third-order valence-corrected chi connectivity index (χ3v) is 2.66. The Hall–Kier alpha value is -0.200. The van der Waals surface area contributed by atoms with Gasteiger partial charge in [0.2, 0.25) is 0 Å². The largest absolute Gasteiger partial charge is 0.396 e. The number of hydrogen-bond acceptors (Lipinski definition) is 5. The van der Waals surface area contributed by atoms with Gasteiger partial charge in [-0.05, 0) is 6.42 Å². The molecule has 0 spiro atoms. The third kappa shape index (κ3) is 2.38. The lowest BCUT2D eigenvalue weighted by atomic mass is 9.72. The van der Waals surface area contributed by atoms with Crippen molar-refractivity contribution in [3.05, 3.63) is 0 Å². The number of hydrogen-bond donors (Lipinski definition) is 5. The van der Waals surface area contributed by atoms with Crippen molar-refractivity contribution in [3.63, 3.8) is 0 Å². The fourth-order valence-corrected chi connectivity index (χ4v) is 1.14. The van der Waals surface area contributed by atoms with E-state index in [1.54, 1.807) is 0 Å². The van der Waals surface area contributed by atoms with Crippen LogP contribution < -0.4 is 0 Å². The Labute approximate surface area is 77.3 Å². The van der Waals surface area contributed by atoms with Crippen molar-refractivity contribution in [1.82, 2.24) is 0 Å². The molecule has 0 saturated carbocycles. The van der Waals surface area contributed by atoms with Crippen LogP contribution in [0.2, 0.25) is 0 Å². The van der Waals surface area contributed by atoms with Crippen LogP contribution in [0, 0.1) is 5.41 Å². The molecule has 0 aromatic rings. The first-order valence-corrected chi connectivity index (χ1v) is 4.15. The summed E-state index contributed by atoms with van der Waals surface area (Å²) < 4.78 is 0. The molecule has 0 aromatic carbocycles. The molecule has 1 unspecified atom stereocenters. The highest BCUT2D eigenvalue weighted by atomic mass is 16.4. The number of aliphatic hydroxyl groups excluding tert-OH is 4. The highest BCUT2D eigenvalue weighted by Crippen LogP contribution is 2.33. The molecule has 0 saturated heterocycles. The molecule has 1 atom stereocenters. The van der Waals surface area contributed by atoms with Gasteiger partial charge in [0.25, 0.3) is 0 Å². The maximum atomic E-state index is 9.71. The van der Waals surface area contributed by atoms with E-state index in [1.807, 2.05) is 0 Å². The molecular formula is C8H18O5. The van der Waals surface area contributed by atoms with Gasteiger partial charge in [0.1, 0.15) is 5.60 Å². The average Bonchev–Trinajstić information content (AvgIpc) is 2.16. The van der Waals surface area contributed by atoms with Crippen LogP contribution in [0.3, 0.4) is 0 Å². The summed E-state index contributed by atoms with van der Waals surface area (Å²) in [5, 5.41) is 45.2. The second-order valence-electron chi connectivity index (χ2n) is 3.54. The summed E-state index contributed by atoms with van der Waals surface area (Å²) in [6.45, 7) is -0.443. The molecule has 0 fully saturated rings. The molecule has 0 amide bonds. The summed E-state index contributed by atoms with van der Waals surface area (Å²) in [6, 6.07) is 0. The fourth-order valence-electron chi connectivity index (χ4n) is 1.14. The number of rotatable bonds is 6. The molecule has 5 N–H and O–H groups in total. The highest BCUT2D eigenvalue weighted by molar-refractivity contribution is 4.95. The van der Waals surface area contributed by atoms with Gasteiger partial charge >= 0.3 is 0 Å². The lowest BCUT2D eigenvalue weighted by molar-refractivity contribution is -0.159. The Kier molecular flexibility index (Phi) is 4.80. The van der Waals surface area contributed by atoms with E-state index in [4.69, 9.17) is 20.4 Å². The van der Waals surface area contributed by atoms with E-state index in [-0.39, 0.29) is 13.0 Å². The van der Waals surface area contributed by atoms with Gasteiger partial charge in [-0.3, -0.25) is 0 Å². The highest BCUT2D eigenvalue weighted by Gasteiger charge is 2.45. The van der Waals surface area contributed by atoms with Crippen LogP contribution in [0.5, 0.6) is 0 Å². The normalized spacial score (nSPS) is 17.1. The Bertz CT molecular complexity index is 145. The predicted octanol–water partition coefficient (Wildman–Crippen LogP) is -1.92. The second kappa shape index (κ2) is 4.88. The SMILES string of the molecule is CC(CO)(CCO)C(O)(CO)CO. The van der Waals surface area contributed by atoms with E-state index < -0.39 is 30.8 Å². The Morgan fingerprint density at radius 3 is 1.62 bits per heavy atom. The molecule has 0 heterocycles. The minimum atomic E-state index is -1.76. The summed E-state index contributed by atoms with van der Waals surface area (Å²) >= 11 is 0. The Morgan fingerprint density at radius 2 is 1.38 bits per heavy atom. The minimum Gasteiger partial charge on any atom is -0.396 e. The standard InChI is InChI=1S/C8H18O5/c1-7(4-10,2-3-9)8(13,5-11)6-12/h9-13H,2-6H2,1H3. The van der Waals surface area contributed by atoms with Gasteiger partial charge in [-0.1, -0.05) is 6.92 Å². The van der Waals surface area contributed by atoms with Gasteiger partial charge in [0, 0.05) is 12.0 Å². The molecule has 0 rings (SSSR count). The van der Waals surface area contributed by atoms with E-state index in [9.17, 15) is 5.11 Å². The minimum absolute atomic E-state index is 0.112. The van der Waals surface area contributed by atoms with E-state index in [2.05, 4.69) is 0 Å². The van der Waals surface area contributed by atoms with E-state index in [1.165, 1.54) is 6.92 Å². The monoisotopic (exact) mass is 194 g/mol. The summed E-state index contributed by atoms with van der Waals surface area (Å²) in [6.07, 6.45) is 0.112. The van der Waals surface area contributed by atoms with Crippen LogP contribution in [0.4, 0.5) is 0 Å². The molecule has 5 nitrogen and oxygen atoms in total. The van der Waals surface area contributed by atoms with Crippen LogP contribution in [-0.2, 0) is 0 Å². The first-order chi connectivity index (χ1) is 5.99. The van der Waals surface area contributed by atoms with Crippen molar-refractivity contribution in [2.24, 2.45) is 5.41 Å². The topological polar surface area (TPSA) is 101 Å². The van der Waals surface area contributed by atoms with Gasteiger partial charge in [-0.15, -0.1) is 0 Å². The van der Waals surface area contributed by atoms with Crippen molar-refractivity contribution >= 4 is 0 Å². The molecule has 0 bridgehead atoms. The molecule has 0 aliphatic heterocycles. The molecule has 0 radical (unpaired) electrons. The molecule has 13 heavy (non-hydrogen) atoms. The molecule has 5 heteroatoms. The maximum Gasteiger partial charge on any atom is 0.118 e. The van der Waals surface area contributed by atoms with Crippen molar-refractivity contribution < 1.29 is 25.5 Å². The molecule has 0 aliphatic rings. The summed E-state index contributed by atoms with van der Waals surface area (Å²) in [7, 11) is 0. The van der Waals surface area contributed by atoms with Crippen LogP contribution >= 0.6 is 0 Å². The lowest BCUT2D eigenvalue weighted by Crippen LogP contribution is -2.54. The van der Waals surface area contributed by atoms with E-state index >= 15 is 0 Å². The quantitative estimate of drug-likeness (QED) is 0.339. The third-order valence-electron chi connectivity index (χ3n) is 2.66. The van der Waals surface area contributed by atoms with Crippen LogP contribution in [0.15, 0.2) is 0 Å². The molecule has 80 valence electrons. The van der Waals surface area contributed by atoms with E-state index in [0.29, 0.717) is 0 Å². The zero-order valence-electron chi connectivity index (χ0n) is 7.77. The fraction of sp³-hybridized carbons (Fsp3) is 1.00. The first kappa shape index (κ1) is 12.8. The van der Waals surface area contributed by atoms with Crippen LogP contribution in [0.25, 0.3) is 0 Å². The van der Waals surface area contributed by atoms with Gasteiger partial charge in [0.05, 0.1) is 19.8 Å². The lowest BCUT2D eigenvalue weighted by Gasteiger charge is -2.41. The zero-order chi connectivity index (χ0) is 10.5. The Balaban J connectivity index is 4.68. The second-order valence-corrected chi connectivity index (χ2v) is 3.54. The number of aliphatic hydroxyl groups is 5. The van der Waals surface area contributed by atoms with Crippen molar-refractivity contribution in [2.75, 3.05) is 26.4 Å². The predicted molar refractivity (Wildman–Crippen MR) is 46.0 cm³/mol. The van der Waals surface area contributed by atoms with Gasteiger partial charge in [-0.2, -0.15) is 0 Å². The van der Waals surface area contributed by atoms with Crippen LogP contribution in [0.1, 0.15) is 13.3 Å². The average molecular weight is 194 g/mol. The molecule has 0 aliphatic carbocycles. The molecular weight excluding hydrogens is 176 g/mol. The van der Waals surface area contributed by atoms with Crippen molar-refractivity contribution in [3.8, 4) is 0 Å². The zero-order valence-corrected chi connectivity index (χ0v) is 7.77. The summed E-state index contributed by atoms with van der Waals surface area (Å²) in [4.78, 5) is 0. The molecule has 0 aromatic heterocycles. The van der Waals surface area contributed by atoms with Gasteiger partial charge in [-0.25, -0.2) is 0 Å². The van der Waals surface area contributed by atoms with Gasteiger partial charge in [0.15, 0.2) is 0 Å². The van der Waals surface area contributed by atoms with E-state index in [0.717, 1.165) is 0 Å². The van der Waals surface area contributed by atoms with Crippen molar-refractivity contribution in [2.45, 2.75) is 18.9 Å². The van der Waals surface area contributed by atoms with Crippen LogP contribution in [-0.4, -0.2) is 57.6 Å². The first-order valence-electron chi connectivity index (χ1n) is 4.15. The maximum absolute atomic E-state index is 9.71. The summed E-state index contributed by atoms with van der Waals surface area (Å²) in [5.41, 5.74) is -2.85. The van der Waals surface area contributed by atoms with Gasteiger partial charge < -0.3 is 25.5 Å². The smallest absolute Gasteiger partial charge is 0.118 e. The summed E-state index contributed by atoms with van der Waals surface area (Å²) in [5.74, 6) is 0. The Morgan fingerprint density at radius 1 is 0.923 bits per heavy atom. The van der Waals surface area contributed by atoms with Crippen molar-refractivity contribution in [1.29, 1.82) is 0 Å².